The Kier molecular flexibility index (Phi) is 5.75. The lowest BCUT2D eigenvalue weighted by atomic mass is 10.2. The van der Waals surface area contributed by atoms with E-state index in [4.69, 9.17) is 5.73 Å². The summed E-state index contributed by atoms with van der Waals surface area (Å²) in [4.78, 5) is 11.3. The second kappa shape index (κ2) is 6.92. The van der Waals surface area contributed by atoms with E-state index >= 15 is 0 Å². The van der Waals surface area contributed by atoms with Gasteiger partial charge in [0.2, 0.25) is 0 Å². The normalized spacial score (nSPS) is 10.1. The highest BCUT2D eigenvalue weighted by atomic mass is 33.1. The van der Waals surface area contributed by atoms with Gasteiger partial charge in [0.25, 0.3) is 0 Å². The summed E-state index contributed by atoms with van der Waals surface area (Å²) in [6.45, 7) is 0.587. The molecule has 76 valence electrons. The van der Waals surface area contributed by atoms with Gasteiger partial charge in [0.05, 0.1) is 0 Å². The van der Waals surface area contributed by atoms with Gasteiger partial charge in [-0.05, 0) is 17.7 Å². The molecule has 0 aromatic heterocycles. The standard InChI is InChI=1S/C10H13NOS2/c11-8-9-2-4-10(5-3-9)14-13-7-1-6-12/h2-6H,1,7-8,11H2. The van der Waals surface area contributed by atoms with E-state index in [0.717, 1.165) is 17.6 Å². The van der Waals surface area contributed by atoms with Crippen molar-refractivity contribution in [2.75, 3.05) is 5.75 Å². The summed E-state index contributed by atoms with van der Waals surface area (Å²) in [5.74, 6) is 0.868. The first-order chi connectivity index (χ1) is 6.86. The molecule has 1 aromatic carbocycles. The smallest absolute Gasteiger partial charge is 0.120 e. The fraction of sp³-hybridized carbons (Fsp3) is 0.300. The molecule has 0 spiro atoms. The molecule has 1 rings (SSSR count). The van der Waals surface area contributed by atoms with E-state index in [-0.39, 0.29) is 0 Å². The van der Waals surface area contributed by atoms with Gasteiger partial charge in [-0.2, -0.15) is 0 Å². The van der Waals surface area contributed by atoms with Crippen LogP contribution in [0.1, 0.15) is 12.0 Å². The largest absolute Gasteiger partial charge is 0.326 e. The Morgan fingerprint density at radius 1 is 1.29 bits per heavy atom. The molecule has 0 radical (unpaired) electrons. The third-order valence-corrected chi connectivity index (χ3v) is 4.05. The van der Waals surface area contributed by atoms with Gasteiger partial charge in [0.15, 0.2) is 0 Å². The highest BCUT2D eigenvalue weighted by Gasteiger charge is 1.94. The second-order valence-corrected chi connectivity index (χ2v) is 5.20. The van der Waals surface area contributed by atoms with Crippen LogP contribution >= 0.6 is 21.6 Å². The molecule has 0 saturated carbocycles. The zero-order chi connectivity index (χ0) is 10.2. The topological polar surface area (TPSA) is 43.1 Å². The van der Waals surface area contributed by atoms with E-state index in [1.54, 1.807) is 21.6 Å². The van der Waals surface area contributed by atoms with Gasteiger partial charge in [-0.1, -0.05) is 33.7 Å². The maximum Gasteiger partial charge on any atom is 0.120 e. The highest BCUT2D eigenvalue weighted by molar-refractivity contribution is 8.76. The average Bonchev–Trinajstić information content (AvgIpc) is 2.25. The van der Waals surface area contributed by atoms with Gasteiger partial charge in [-0.25, -0.2) is 0 Å². The van der Waals surface area contributed by atoms with Crippen molar-refractivity contribution in [1.29, 1.82) is 0 Å². The lowest BCUT2D eigenvalue weighted by Gasteiger charge is -2.00. The van der Waals surface area contributed by atoms with Gasteiger partial charge in [-0.15, -0.1) is 0 Å². The Morgan fingerprint density at radius 2 is 2.00 bits per heavy atom. The van der Waals surface area contributed by atoms with E-state index in [2.05, 4.69) is 12.1 Å². The molecule has 2 N–H and O–H groups in total. The summed E-state index contributed by atoms with van der Waals surface area (Å²) in [5, 5.41) is 0. The van der Waals surface area contributed by atoms with Gasteiger partial charge in [0, 0.05) is 23.6 Å². The van der Waals surface area contributed by atoms with Crippen molar-refractivity contribution in [2.24, 2.45) is 5.73 Å². The van der Waals surface area contributed by atoms with Crippen LogP contribution in [-0.2, 0) is 11.3 Å². The predicted molar refractivity (Wildman–Crippen MR) is 63.3 cm³/mol. The van der Waals surface area contributed by atoms with Crippen LogP contribution in [0.2, 0.25) is 0 Å². The van der Waals surface area contributed by atoms with E-state index in [1.165, 1.54) is 4.90 Å². The number of aldehydes is 1. The SMILES string of the molecule is NCc1ccc(SSCCC=O)cc1. The lowest BCUT2D eigenvalue weighted by Crippen LogP contribution is -1.94. The van der Waals surface area contributed by atoms with Crippen LogP contribution in [0.5, 0.6) is 0 Å². The summed E-state index contributed by atoms with van der Waals surface area (Å²) in [6, 6.07) is 8.17. The summed E-state index contributed by atoms with van der Waals surface area (Å²) >= 11 is 0. The van der Waals surface area contributed by atoms with Crippen molar-refractivity contribution < 1.29 is 4.79 Å². The van der Waals surface area contributed by atoms with Crippen LogP contribution in [0.15, 0.2) is 29.2 Å². The van der Waals surface area contributed by atoms with E-state index in [9.17, 15) is 4.79 Å². The highest BCUT2D eigenvalue weighted by Crippen LogP contribution is 2.31. The maximum atomic E-state index is 10.1. The number of hydrogen-bond acceptors (Lipinski definition) is 4. The molecular weight excluding hydrogens is 214 g/mol. The Morgan fingerprint density at radius 3 is 2.57 bits per heavy atom. The summed E-state index contributed by atoms with van der Waals surface area (Å²) in [6.07, 6.45) is 1.57. The zero-order valence-electron chi connectivity index (χ0n) is 7.81. The number of nitrogens with two attached hydrogens (primary N) is 1. The third kappa shape index (κ3) is 4.17. The minimum Gasteiger partial charge on any atom is -0.326 e. The number of rotatable bonds is 6. The summed E-state index contributed by atoms with van der Waals surface area (Å²) in [5.41, 5.74) is 6.63. The Balaban J connectivity index is 2.32. The molecule has 0 heterocycles. The zero-order valence-corrected chi connectivity index (χ0v) is 9.44. The first kappa shape index (κ1) is 11.6. The van der Waals surface area contributed by atoms with E-state index in [0.29, 0.717) is 13.0 Å². The molecule has 0 atom stereocenters. The molecule has 4 heteroatoms. The lowest BCUT2D eigenvalue weighted by molar-refractivity contribution is -0.107. The van der Waals surface area contributed by atoms with E-state index in [1.807, 2.05) is 12.1 Å². The number of hydrogen-bond donors (Lipinski definition) is 1. The van der Waals surface area contributed by atoms with Gasteiger partial charge in [0.1, 0.15) is 6.29 Å². The molecule has 0 bridgehead atoms. The molecule has 14 heavy (non-hydrogen) atoms. The van der Waals surface area contributed by atoms with Crippen LogP contribution in [0.25, 0.3) is 0 Å². The minimum atomic E-state index is 0.587. The van der Waals surface area contributed by atoms with Crippen molar-refractivity contribution in [2.45, 2.75) is 17.9 Å². The molecular formula is C10H13NOS2. The molecule has 0 amide bonds. The van der Waals surface area contributed by atoms with Crippen molar-refractivity contribution >= 4 is 27.9 Å². The number of carbonyl (C=O) groups excluding carboxylic acids is 1. The van der Waals surface area contributed by atoms with Gasteiger partial charge < -0.3 is 10.5 Å². The van der Waals surface area contributed by atoms with Crippen molar-refractivity contribution in [3.8, 4) is 0 Å². The molecule has 0 unspecified atom stereocenters. The van der Waals surface area contributed by atoms with Crippen LogP contribution < -0.4 is 5.73 Å². The number of carbonyl (C=O) groups is 1. The monoisotopic (exact) mass is 227 g/mol. The van der Waals surface area contributed by atoms with Crippen LogP contribution in [0.3, 0.4) is 0 Å². The molecule has 0 saturated heterocycles. The molecule has 1 aromatic rings. The second-order valence-electron chi connectivity index (χ2n) is 2.71. The third-order valence-electron chi connectivity index (χ3n) is 1.63. The van der Waals surface area contributed by atoms with Crippen molar-refractivity contribution in [1.82, 2.24) is 0 Å². The van der Waals surface area contributed by atoms with Crippen LogP contribution in [-0.4, -0.2) is 12.0 Å². The Hall–Kier alpha value is -0.450. The summed E-state index contributed by atoms with van der Waals surface area (Å²) in [7, 11) is 3.40. The molecule has 0 aliphatic rings. The molecule has 0 aliphatic heterocycles. The van der Waals surface area contributed by atoms with Crippen LogP contribution in [0, 0.1) is 0 Å². The molecule has 0 aliphatic carbocycles. The quantitative estimate of drug-likeness (QED) is 0.460. The van der Waals surface area contributed by atoms with E-state index < -0.39 is 0 Å². The van der Waals surface area contributed by atoms with Gasteiger partial charge in [-0.3, -0.25) is 0 Å². The minimum absolute atomic E-state index is 0.587. The summed E-state index contributed by atoms with van der Waals surface area (Å²) < 4.78 is 0. The first-order valence-corrected chi connectivity index (χ1v) is 6.71. The van der Waals surface area contributed by atoms with Crippen molar-refractivity contribution in [3.05, 3.63) is 29.8 Å². The van der Waals surface area contributed by atoms with Crippen molar-refractivity contribution in [3.63, 3.8) is 0 Å². The number of benzene rings is 1. The Bertz CT molecular complexity index is 274. The Labute approximate surface area is 92.0 Å². The first-order valence-electron chi connectivity index (χ1n) is 4.39. The molecule has 2 nitrogen and oxygen atoms in total. The fourth-order valence-electron chi connectivity index (χ4n) is 0.887. The average molecular weight is 227 g/mol. The van der Waals surface area contributed by atoms with Gasteiger partial charge >= 0.3 is 0 Å². The maximum absolute atomic E-state index is 10.1. The fourth-order valence-corrected chi connectivity index (χ4v) is 2.83. The molecule has 0 fully saturated rings. The predicted octanol–water partition coefficient (Wildman–Crippen LogP) is 2.47. The van der Waals surface area contributed by atoms with Crippen LogP contribution in [0.4, 0.5) is 0 Å².